The van der Waals surface area contributed by atoms with E-state index in [4.69, 9.17) is 9.84 Å². The summed E-state index contributed by atoms with van der Waals surface area (Å²) >= 11 is 0. The van der Waals surface area contributed by atoms with Gasteiger partial charge in [0, 0.05) is 6.61 Å². The number of carboxylic acid groups (broad SMARTS) is 1. The molecule has 0 aromatic heterocycles. The highest BCUT2D eigenvalue weighted by molar-refractivity contribution is 5.73. The van der Waals surface area contributed by atoms with E-state index < -0.39 is 12.0 Å². The van der Waals surface area contributed by atoms with Crippen molar-refractivity contribution >= 4 is 5.97 Å². The molecule has 13 heavy (non-hydrogen) atoms. The lowest BCUT2D eigenvalue weighted by Gasteiger charge is -2.20. The van der Waals surface area contributed by atoms with Crippen molar-refractivity contribution in [2.75, 3.05) is 13.7 Å². The van der Waals surface area contributed by atoms with Crippen LogP contribution in [-0.4, -0.2) is 36.4 Å². The van der Waals surface area contributed by atoms with Crippen LogP contribution in [0.4, 0.5) is 0 Å². The second-order valence-corrected chi connectivity index (χ2v) is 3.93. The van der Waals surface area contributed by atoms with Crippen LogP contribution < -0.4 is 5.32 Å². The number of ether oxygens (including phenoxy) is 1. The smallest absolute Gasteiger partial charge is 0.320 e. The summed E-state index contributed by atoms with van der Waals surface area (Å²) in [5.74, 6) is -0.833. The van der Waals surface area contributed by atoms with Crippen molar-refractivity contribution in [2.24, 2.45) is 0 Å². The van der Waals surface area contributed by atoms with Gasteiger partial charge < -0.3 is 15.2 Å². The molecular weight excluding hydrogens is 170 g/mol. The van der Waals surface area contributed by atoms with Crippen molar-refractivity contribution in [3.8, 4) is 0 Å². The highest BCUT2D eigenvalue weighted by Gasteiger charge is 2.16. The molecule has 0 rings (SSSR count). The predicted molar refractivity (Wildman–Crippen MR) is 50.8 cm³/mol. The summed E-state index contributed by atoms with van der Waals surface area (Å²) in [4.78, 5) is 10.6. The molecule has 0 spiro atoms. The summed E-state index contributed by atoms with van der Waals surface area (Å²) in [7, 11) is 1.63. The number of rotatable bonds is 5. The third-order valence-corrected chi connectivity index (χ3v) is 1.59. The van der Waals surface area contributed by atoms with E-state index in [-0.39, 0.29) is 5.60 Å². The zero-order valence-corrected chi connectivity index (χ0v) is 8.76. The van der Waals surface area contributed by atoms with Gasteiger partial charge in [-0.1, -0.05) is 0 Å². The van der Waals surface area contributed by atoms with Crippen LogP contribution in [0.3, 0.4) is 0 Å². The van der Waals surface area contributed by atoms with E-state index in [1.807, 2.05) is 20.8 Å². The second-order valence-electron chi connectivity index (χ2n) is 3.93. The highest BCUT2D eigenvalue weighted by atomic mass is 16.5. The average molecular weight is 189 g/mol. The Morgan fingerprint density at radius 1 is 1.54 bits per heavy atom. The number of hydrogen-bond acceptors (Lipinski definition) is 3. The Labute approximate surface area is 79.3 Å². The molecule has 0 saturated heterocycles. The molecule has 0 heterocycles. The van der Waals surface area contributed by atoms with Gasteiger partial charge in [0.1, 0.15) is 6.04 Å². The minimum Gasteiger partial charge on any atom is -0.480 e. The van der Waals surface area contributed by atoms with Gasteiger partial charge >= 0.3 is 5.97 Å². The zero-order chi connectivity index (χ0) is 10.5. The van der Waals surface area contributed by atoms with Crippen molar-refractivity contribution in [3.63, 3.8) is 0 Å². The Morgan fingerprint density at radius 2 is 2.08 bits per heavy atom. The van der Waals surface area contributed by atoms with Crippen molar-refractivity contribution in [1.29, 1.82) is 0 Å². The maximum Gasteiger partial charge on any atom is 0.320 e. The normalized spacial score (nSPS) is 14.2. The first-order valence-corrected chi connectivity index (χ1v) is 4.41. The van der Waals surface area contributed by atoms with Crippen molar-refractivity contribution in [1.82, 2.24) is 5.32 Å². The van der Waals surface area contributed by atoms with Crippen LogP contribution in [0.1, 0.15) is 27.2 Å². The summed E-state index contributed by atoms with van der Waals surface area (Å²) in [5, 5.41) is 11.4. The Morgan fingerprint density at radius 3 is 2.38 bits per heavy atom. The molecule has 0 aliphatic rings. The average Bonchev–Trinajstić information content (AvgIpc) is 1.95. The minimum absolute atomic E-state index is 0.198. The molecule has 0 saturated carbocycles. The van der Waals surface area contributed by atoms with Gasteiger partial charge in [-0.05, 0) is 34.2 Å². The van der Waals surface area contributed by atoms with Crippen LogP contribution in [-0.2, 0) is 9.53 Å². The molecule has 0 fully saturated rings. The molecule has 0 aromatic carbocycles. The van der Waals surface area contributed by atoms with Crippen LogP contribution in [0.25, 0.3) is 0 Å². The predicted octanol–water partition coefficient (Wildman–Crippen LogP) is 0.864. The Balaban J connectivity index is 3.68. The fourth-order valence-electron chi connectivity index (χ4n) is 0.874. The summed E-state index contributed by atoms with van der Waals surface area (Å²) < 4.78 is 5.41. The fraction of sp³-hybridized carbons (Fsp3) is 0.889. The molecule has 4 heteroatoms. The highest BCUT2D eigenvalue weighted by Crippen LogP contribution is 2.07. The van der Waals surface area contributed by atoms with Gasteiger partial charge in [0.25, 0.3) is 0 Å². The first-order valence-electron chi connectivity index (χ1n) is 4.41. The van der Waals surface area contributed by atoms with E-state index in [1.165, 1.54) is 0 Å². The molecule has 0 aliphatic heterocycles. The second kappa shape index (κ2) is 5.19. The first-order chi connectivity index (χ1) is 5.87. The van der Waals surface area contributed by atoms with Gasteiger partial charge in [-0.2, -0.15) is 0 Å². The number of carbonyl (C=O) groups is 1. The van der Waals surface area contributed by atoms with Gasteiger partial charge in [0.2, 0.25) is 0 Å². The molecule has 1 atom stereocenters. The molecule has 0 aliphatic carbocycles. The Hall–Kier alpha value is -0.610. The molecule has 0 amide bonds. The van der Waals surface area contributed by atoms with Crippen LogP contribution in [0.5, 0.6) is 0 Å². The largest absolute Gasteiger partial charge is 0.480 e. The van der Waals surface area contributed by atoms with E-state index in [0.29, 0.717) is 13.0 Å². The van der Waals surface area contributed by atoms with Crippen molar-refractivity contribution < 1.29 is 14.6 Å². The Kier molecular flexibility index (Phi) is 4.95. The van der Waals surface area contributed by atoms with Crippen LogP contribution >= 0.6 is 0 Å². The molecule has 0 radical (unpaired) electrons. The van der Waals surface area contributed by atoms with Crippen LogP contribution in [0, 0.1) is 0 Å². The molecular formula is C9H19NO3. The maximum absolute atomic E-state index is 10.6. The Bertz CT molecular complexity index is 163. The number of aliphatic carboxylic acids is 1. The molecule has 4 nitrogen and oxygen atoms in total. The number of carboxylic acids is 1. The molecule has 2 N–H and O–H groups in total. The minimum atomic E-state index is -0.833. The lowest BCUT2D eigenvalue weighted by Crippen LogP contribution is -2.35. The number of likely N-dealkylation sites (N-methyl/N-ethyl adjacent to an activating group) is 1. The van der Waals surface area contributed by atoms with Gasteiger partial charge in [0.15, 0.2) is 0 Å². The summed E-state index contributed by atoms with van der Waals surface area (Å²) in [6.45, 7) is 6.30. The topological polar surface area (TPSA) is 58.6 Å². The maximum atomic E-state index is 10.6. The summed E-state index contributed by atoms with van der Waals surface area (Å²) in [5.41, 5.74) is -0.198. The molecule has 0 bridgehead atoms. The fourth-order valence-corrected chi connectivity index (χ4v) is 0.874. The van der Waals surface area contributed by atoms with Crippen LogP contribution in [0.2, 0.25) is 0 Å². The number of hydrogen-bond donors (Lipinski definition) is 2. The third-order valence-electron chi connectivity index (χ3n) is 1.59. The van der Waals surface area contributed by atoms with Gasteiger partial charge in [-0.3, -0.25) is 4.79 Å². The van der Waals surface area contributed by atoms with E-state index in [1.54, 1.807) is 7.05 Å². The zero-order valence-electron chi connectivity index (χ0n) is 8.76. The third kappa shape index (κ3) is 6.54. The van der Waals surface area contributed by atoms with Crippen LogP contribution in [0.15, 0.2) is 0 Å². The van der Waals surface area contributed by atoms with Gasteiger partial charge in [-0.15, -0.1) is 0 Å². The standard InChI is InChI=1S/C9H19NO3/c1-9(2,3)13-6-5-7(10-4)8(11)12/h7,10H,5-6H2,1-4H3,(H,11,12). The van der Waals surface area contributed by atoms with Gasteiger partial charge in [0.05, 0.1) is 5.60 Å². The van der Waals surface area contributed by atoms with E-state index in [0.717, 1.165) is 0 Å². The van der Waals surface area contributed by atoms with Gasteiger partial charge in [-0.25, -0.2) is 0 Å². The summed E-state index contributed by atoms with van der Waals surface area (Å²) in [6, 6.07) is -0.512. The molecule has 1 unspecified atom stereocenters. The molecule has 78 valence electrons. The van der Waals surface area contributed by atoms with E-state index in [9.17, 15) is 4.79 Å². The lowest BCUT2D eigenvalue weighted by atomic mass is 10.2. The van der Waals surface area contributed by atoms with Crippen molar-refractivity contribution in [2.45, 2.75) is 38.8 Å². The SMILES string of the molecule is CNC(CCOC(C)(C)C)C(=O)O. The quantitative estimate of drug-likeness (QED) is 0.673. The monoisotopic (exact) mass is 189 g/mol. The number of nitrogens with one attached hydrogen (secondary N) is 1. The molecule has 0 aromatic rings. The van der Waals surface area contributed by atoms with E-state index in [2.05, 4.69) is 5.32 Å². The summed E-state index contributed by atoms with van der Waals surface area (Å²) in [6.07, 6.45) is 0.489. The van der Waals surface area contributed by atoms with Crippen molar-refractivity contribution in [3.05, 3.63) is 0 Å². The first kappa shape index (κ1) is 12.4. The van der Waals surface area contributed by atoms with E-state index >= 15 is 0 Å². The lowest BCUT2D eigenvalue weighted by molar-refractivity contribution is -0.140.